The van der Waals surface area contributed by atoms with Crippen LogP contribution in [0.2, 0.25) is 0 Å². The molecule has 3 rings (SSSR count). The van der Waals surface area contributed by atoms with Gasteiger partial charge in [0.1, 0.15) is 11.5 Å². The molecule has 6 heteroatoms. The second-order valence-corrected chi connectivity index (χ2v) is 6.14. The molecule has 1 N–H and O–H groups in total. The first-order valence-electron chi connectivity index (χ1n) is 8.06. The number of amides is 1. The Morgan fingerprint density at radius 1 is 1.24 bits per heavy atom. The summed E-state index contributed by atoms with van der Waals surface area (Å²) < 4.78 is 18.7. The van der Waals surface area contributed by atoms with Crippen LogP contribution in [0.25, 0.3) is 11.0 Å². The van der Waals surface area contributed by atoms with Gasteiger partial charge in [0.05, 0.1) is 12.5 Å². The molecule has 0 saturated carbocycles. The Morgan fingerprint density at radius 3 is 2.80 bits per heavy atom. The summed E-state index contributed by atoms with van der Waals surface area (Å²) in [5.74, 6) is -0.438. The number of hydrogen-bond acceptors (Lipinski definition) is 4. The van der Waals surface area contributed by atoms with Crippen molar-refractivity contribution in [1.82, 2.24) is 15.4 Å². The Bertz CT molecular complexity index is 876. The highest BCUT2D eigenvalue weighted by Crippen LogP contribution is 2.20. The van der Waals surface area contributed by atoms with Gasteiger partial charge in [-0.05, 0) is 43.9 Å². The number of benzene rings is 2. The number of nitrogens with zero attached hydrogens (tertiary/aromatic N) is 2. The number of aromatic nitrogens is 1. The van der Waals surface area contributed by atoms with Crippen LogP contribution < -0.4 is 5.32 Å². The molecule has 1 aromatic heterocycles. The number of para-hydroxylation sites is 1. The minimum Gasteiger partial charge on any atom is -0.356 e. The minimum atomic E-state index is -0.287. The van der Waals surface area contributed by atoms with Crippen molar-refractivity contribution < 1.29 is 13.7 Å². The molecule has 0 aliphatic rings. The Hall–Kier alpha value is -2.73. The molecule has 0 aliphatic heterocycles. The second kappa shape index (κ2) is 7.44. The van der Waals surface area contributed by atoms with Gasteiger partial charge < -0.3 is 14.7 Å². The van der Waals surface area contributed by atoms with Crippen LogP contribution in [0.3, 0.4) is 0 Å². The fraction of sp³-hybridized carbons (Fsp3) is 0.263. The number of carbonyl (C=O) groups excluding carboxylic acids is 1. The number of halogens is 1. The highest BCUT2D eigenvalue weighted by Gasteiger charge is 2.17. The monoisotopic (exact) mass is 341 g/mol. The summed E-state index contributed by atoms with van der Waals surface area (Å²) in [7, 11) is 3.79. The molecule has 1 heterocycles. The highest BCUT2D eigenvalue weighted by molar-refractivity contribution is 5.86. The number of likely N-dealkylation sites (N-methyl/N-ethyl adjacent to an activating group) is 1. The first-order chi connectivity index (χ1) is 12.0. The Kier molecular flexibility index (Phi) is 5.09. The van der Waals surface area contributed by atoms with Gasteiger partial charge in [-0.1, -0.05) is 29.4 Å². The summed E-state index contributed by atoms with van der Waals surface area (Å²) in [4.78, 5) is 14.2. The van der Waals surface area contributed by atoms with E-state index in [-0.39, 0.29) is 24.2 Å². The van der Waals surface area contributed by atoms with Crippen molar-refractivity contribution in [2.75, 3.05) is 20.6 Å². The van der Waals surface area contributed by atoms with Crippen LogP contribution in [-0.4, -0.2) is 36.6 Å². The van der Waals surface area contributed by atoms with Gasteiger partial charge in [-0.2, -0.15) is 0 Å². The number of fused-ring (bicyclic) bond motifs is 1. The third-order valence-corrected chi connectivity index (χ3v) is 4.13. The standard InChI is InChI=1S/C19H20FN3O2/c1-23(2)17(13-6-5-7-14(20)10-13)12-21-19(24)11-16-15-8-3-4-9-18(15)25-22-16/h3-10,17H,11-12H2,1-2H3,(H,21,24)/t17-/m1/s1. The molecule has 130 valence electrons. The maximum atomic E-state index is 13.5. The van der Waals surface area contributed by atoms with Gasteiger partial charge in [0.2, 0.25) is 5.91 Å². The van der Waals surface area contributed by atoms with Crippen LogP contribution in [0.1, 0.15) is 17.3 Å². The normalized spacial score (nSPS) is 12.5. The van der Waals surface area contributed by atoms with E-state index in [1.807, 2.05) is 49.3 Å². The van der Waals surface area contributed by atoms with Crippen LogP contribution >= 0.6 is 0 Å². The van der Waals surface area contributed by atoms with E-state index in [1.54, 1.807) is 6.07 Å². The summed E-state index contributed by atoms with van der Waals surface area (Å²) in [6, 6.07) is 13.7. The van der Waals surface area contributed by atoms with E-state index in [4.69, 9.17) is 4.52 Å². The lowest BCUT2D eigenvalue weighted by Gasteiger charge is -2.25. The average Bonchev–Trinajstić information content (AvgIpc) is 2.98. The van der Waals surface area contributed by atoms with Crippen molar-refractivity contribution in [2.45, 2.75) is 12.5 Å². The molecular formula is C19H20FN3O2. The number of nitrogens with one attached hydrogen (secondary N) is 1. The van der Waals surface area contributed by atoms with Crippen LogP contribution in [0.4, 0.5) is 4.39 Å². The first kappa shape index (κ1) is 17.1. The molecule has 0 fully saturated rings. The van der Waals surface area contributed by atoms with Crippen molar-refractivity contribution in [1.29, 1.82) is 0 Å². The predicted octanol–water partition coefficient (Wildman–Crippen LogP) is 2.93. The zero-order valence-corrected chi connectivity index (χ0v) is 14.2. The predicted molar refractivity (Wildman–Crippen MR) is 93.6 cm³/mol. The third-order valence-electron chi connectivity index (χ3n) is 4.13. The van der Waals surface area contributed by atoms with E-state index in [1.165, 1.54) is 12.1 Å². The zero-order valence-electron chi connectivity index (χ0n) is 14.2. The Morgan fingerprint density at radius 2 is 2.04 bits per heavy atom. The van der Waals surface area contributed by atoms with Crippen molar-refractivity contribution in [3.05, 3.63) is 65.6 Å². The van der Waals surface area contributed by atoms with Crippen LogP contribution in [0.15, 0.2) is 53.1 Å². The zero-order chi connectivity index (χ0) is 17.8. The smallest absolute Gasteiger partial charge is 0.226 e. The maximum absolute atomic E-state index is 13.5. The van der Waals surface area contributed by atoms with E-state index in [0.29, 0.717) is 17.8 Å². The van der Waals surface area contributed by atoms with Crippen LogP contribution in [-0.2, 0) is 11.2 Å². The lowest BCUT2D eigenvalue weighted by molar-refractivity contribution is -0.120. The molecule has 0 unspecified atom stereocenters. The molecular weight excluding hydrogens is 321 g/mol. The molecule has 2 aromatic carbocycles. The Balaban J connectivity index is 1.66. The average molecular weight is 341 g/mol. The highest BCUT2D eigenvalue weighted by atomic mass is 19.1. The minimum absolute atomic E-state index is 0.117. The summed E-state index contributed by atoms with van der Waals surface area (Å²) in [5, 5.41) is 7.71. The molecule has 1 atom stereocenters. The van der Waals surface area contributed by atoms with Gasteiger partial charge >= 0.3 is 0 Å². The van der Waals surface area contributed by atoms with Gasteiger partial charge in [0.25, 0.3) is 0 Å². The van der Waals surface area contributed by atoms with E-state index >= 15 is 0 Å². The van der Waals surface area contributed by atoms with Crippen molar-refractivity contribution in [3.63, 3.8) is 0 Å². The maximum Gasteiger partial charge on any atom is 0.226 e. The van der Waals surface area contributed by atoms with Gasteiger partial charge in [0.15, 0.2) is 5.58 Å². The van der Waals surface area contributed by atoms with Gasteiger partial charge in [-0.15, -0.1) is 0 Å². The van der Waals surface area contributed by atoms with E-state index in [2.05, 4.69) is 10.5 Å². The van der Waals surface area contributed by atoms with Gasteiger partial charge in [-0.25, -0.2) is 4.39 Å². The second-order valence-electron chi connectivity index (χ2n) is 6.14. The molecule has 0 aliphatic carbocycles. The lowest BCUT2D eigenvalue weighted by Crippen LogP contribution is -2.35. The SMILES string of the molecule is CN(C)[C@H](CNC(=O)Cc1noc2ccccc12)c1cccc(F)c1. The van der Waals surface area contributed by atoms with E-state index < -0.39 is 0 Å². The van der Waals surface area contributed by atoms with Crippen LogP contribution in [0.5, 0.6) is 0 Å². The molecule has 1 amide bonds. The quantitative estimate of drug-likeness (QED) is 0.749. The van der Waals surface area contributed by atoms with E-state index in [0.717, 1.165) is 10.9 Å². The van der Waals surface area contributed by atoms with Crippen molar-refractivity contribution in [3.8, 4) is 0 Å². The summed E-state index contributed by atoms with van der Waals surface area (Å²) >= 11 is 0. The third kappa shape index (κ3) is 4.03. The van der Waals surface area contributed by atoms with Crippen molar-refractivity contribution in [2.24, 2.45) is 0 Å². The molecule has 0 spiro atoms. The molecule has 0 radical (unpaired) electrons. The molecule has 3 aromatic rings. The Labute approximate surface area is 145 Å². The molecule has 5 nitrogen and oxygen atoms in total. The summed E-state index contributed by atoms with van der Waals surface area (Å²) in [5.41, 5.74) is 2.09. The fourth-order valence-corrected chi connectivity index (χ4v) is 2.80. The largest absolute Gasteiger partial charge is 0.356 e. The first-order valence-corrected chi connectivity index (χ1v) is 8.06. The van der Waals surface area contributed by atoms with Crippen molar-refractivity contribution >= 4 is 16.9 Å². The number of rotatable bonds is 6. The van der Waals surface area contributed by atoms with Gasteiger partial charge in [0, 0.05) is 11.9 Å². The molecule has 25 heavy (non-hydrogen) atoms. The topological polar surface area (TPSA) is 58.4 Å². The number of carbonyl (C=O) groups is 1. The molecule has 0 bridgehead atoms. The summed E-state index contributed by atoms with van der Waals surface area (Å²) in [6.45, 7) is 0.380. The van der Waals surface area contributed by atoms with Gasteiger partial charge in [-0.3, -0.25) is 4.79 Å². The number of hydrogen-bond donors (Lipinski definition) is 1. The van der Waals surface area contributed by atoms with E-state index in [9.17, 15) is 9.18 Å². The lowest BCUT2D eigenvalue weighted by atomic mass is 10.1. The fourth-order valence-electron chi connectivity index (χ4n) is 2.80. The summed E-state index contributed by atoms with van der Waals surface area (Å²) in [6.07, 6.45) is 0.139. The van der Waals surface area contributed by atoms with Crippen LogP contribution in [0, 0.1) is 5.82 Å². The molecule has 0 saturated heterocycles.